The van der Waals surface area contributed by atoms with E-state index in [1.807, 2.05) is 30.3 Å². The monoisotopic (exact) mass is 270 g/mol. The van der Waals surface area contributed by atoms with Crippen molar-refractivity contribution in [3.8, 4) is 0 Å². The minimum Gasteiger partial charge on any atom is -0.294 e. The molecule has 0 radical (unpaired) electrons. The van der Waals surface area contributed by atoms with Gasteiger partial charge in [-0.25, -0.2) is 0 Å². The van der Waals surface area contributed by atoms with Gasteiger partial charge < -0.3 is 0 Å². The van der Waals surface area contributed by atoms with E-state index in [1.165, 1.54) is 11.3 Å². The van der Waals surface area contributed by atoms with E-state index in [2.05, 4.69) is 0 Å². The van der Waals surface area contributed by atoms with Gasteiger partial charge in [0, 0.05) is 12.0 Å². The average Bonchev–Trinajstić information content (AvgIpc) is 2.59. The molecule has 2 aromatic rings. The van der Waals surface area contributed by atoms with Crippen LogP contribution in [0.25, 0.3) is 0 Å². The zero-order valence-electron chi connectivity index (χ0n) is 8.24. The van der Waals surface area contributed by atoms with Crippen LogP contribution in [0.4, 0.5) is 0 Å². The summed E-state index contributed by atoms with van der Waals surface area (Å²) in [4.78, 5) is 11.9. The van der Waals surface area contributed by atoms with Crippen LogP contribution in [0.2, 0.25) is 8.67 Å². The van der Waals surface area contributed by atoms with Gasteiger partial charge in [0.15, 0.2) is 5.78 Å². The van der Waals surface area contributed by atoms with Crippen LogP contribution in [0.15, 0.2) is 36.4 Å². The van der Waals surface area contributed by atoms with Crippen LogP contribution in [-0.2, 0) is 6.42 Å². The van der Waals surface area contributed by atoms with E-state index in [0.29, 0.717) is 20.7 Å². The zero-order valence-corrected chi connectivity index (χ0v) is 10.6. The van der Waals surface area contributed by atoms with Crippen molar-refractivity contribution < 1.29 is 4.79 Å². The molecule has 2 rings (SSSR count). The van der Waals surface area contributed by atoms with Crippen molar-refractivity contribution in [2.45, 2.75) is 6.42 Å². The van der Waals surface area contributed by atoms with Gasteiger partial charge in [0.1, 0.15) is 4.34 Å². The number of ketones is 1. The van der Waals surface area contributed by atoms with Crippen molar-refractivity contribution in [1.29, 1.82) is 0 Å². The molecule has 1 aromatic carbocycles. The van der Waals surface area contributed by atoms with Gasteiger partial charge in [-0.15, -0.1) is 11.3 Å². The Kier molecular flexibility index (Phi) is 3.64. The summed E-state index contributed by atoms with van der Waals surface area (Å²) in [7, 11) is 0. The lowest BCUT2D eigenvalue weighted by atomic mass is 10.1. The van der Waals surface area contributed by atoms with E-state index in [1.54, 1.807) is 6.07 Å². The molecule has 1 heterocycles. The summed E-state index contributed by atoms with van der Waals surface area (Å²) in [5, 5.41) is 0. The molecule has 0 N–H and O–H groups in total. The Labute approximate surface area is 108 Å². The van der Waals surface area contributed by atoms with E-state index >= 15 is 0 Å². The highest BCUT2D eigenvalue weighted by atomic mass is 35.5. The van der Waals surface area contributed by atoms with Crippen LogP contribution in [0, 0.1) is 0 Å². The van der Waals surface area contributed by atoms with Gasteiger partial charge >= 0.3 is 0 Å². The molecule has 0 saturated carbocycles. The molecule has 82 valence electrons. The number of carbonyl (C=O) groups excluding carboxylic acids is 1. The molecule has 0 amide bonds. The van der Waals surface area contributed by atoms with Gasteiger partial charge in [-0.1, -0.05) is 53.5 Å². The largest absolute Gasteiger partial charge is 0.294 e. The van der Waals surface area contributed by atoms with Crippen molar-refractivity contribution in [2.75, 3.05) is 0 Å². The second-order valence-electron chi connectivity index (χ2n) is 3.32. The maximum atomic E-state index is 11.9. The fraction of sp³-hybridized carbons (Fsp3) is 0.0833. The standard InChI is InChI=1S/C12H8Cl2OS/c13-11-7-9(12(14)16-11)10(15)6-8-4-2-1-3-5-8/h1-5,7H,6H2. The summed E-state index contributed by atoms with van der Waals surface area (Å²) in [6.45, 7) is 0. The number of Topliss-reactive ketones (excluding diaryl/α,β-unsaturated/α-hetero) is 1. The van der Waals surface area contributed by atoms with Crippen molar-refractivity contribution in [3.63, 3.8) is 0 Å². The molecule has 0 unspecified atom stereocenters. The summed E-state index contributed by atoms with van der Waals surface area (Å²) in [6, 6.07) is 11.2. The average molecular weight is 271 g/mol. The maximum Gasteiger partial charge on any atom is 0.169 e. The number of hydrogen-bond donors (Lipinski definition) is 0. The molecule has 0 bridgehead atoms. The topological polar surface area (TPSA) is 17.1 Å². The molecule has 0 aliphatic heterocycles. The molecule has 0 aliphatic carbocycles. The lowest BCUT2D eigenvalue weighted by molar-refractivity contribution is 0.0993. The summed E-state index contributed by atoms with van der Waals surface area (Å²) in [5.41, 5.74) is 1.49. The number of thiophene rings is 1. The normalized spacial score (nSPS) is 10.4. The Morgan fingerprint density at radius 2 is 1.88 bits per heavy atom. The van der Waals surface area contributed by atoms with Gasteiger partial charge in [-0.05, 0) is 11.6 Å². The van der Waals surface area contributed by atoms with E-state index in [4.69, 9.17) is 23.2 Å². The van der Waals surface area contributed by atoms with E-state index in [9.17, 15) is 4.79 Å². The van der Waals surface area contributed by atoms with E-state index in [-0.39, 0.29) is 5.78 Å². The van der Waals surface area contributed by atoms with E-state index in [0.717, 1.165) is 5.56 Å². The minimum atomic E-state index is -0.000602. The van der Waals surface area contributed by atoms with Crippen LogP contribution in [0.3, 0.4) is 0 Å². The van der Waals surface area contributed by atoms with Crippen LogP contribution in [0.5, 0.6) is 0 Å². The molecule has 4 heteroatoms. The van der Waals surface area contributed by atoms with Crippen LogP contribution < -0.4 is 0 Å². The number of benzene rings is 1. The minimum absolute atomic E-state index is 0.000602. The van der Waals surface area contributed by atoms with Crippen molar-refractivity contribution in [3.05, 3.63) is 56.2 Å². The van der Waals surface area contributed by atoms with Gasteiger partial charge in [0.05, 0.1) is 4.34 Å². The van der Waals surface area contributed by atoms with E-state index < -0.39 is 0 Å². The molecule has 16 heavy (non-hydrogen) atoms. The molecule has 1 nitrogen and oxygen atoms in total. The summed E-state index contributed by atoms with van der Waals surface area (Å²) in [5.74, 6) is -0.000602. The zero-order chi connectivity index (χ0) is 11.5. The Morgan fingerprint density at radius 3 is 2.44 bits per heavy atom. The highest BCUT2D eigenvalue weighted by Crippen LogP contribution is 2.31. The third kappa shape index (κ3) is 2.64. The molecule has 0 fully saturated rings. The third-order valence-electron chi connectivity index (χ3n) is 2.16. The smallest absolute Gasteiger partial charge is 0.169 e. The first kappa shape index (κ1) is 11.6. The first-order chi connectivity index (χ1) is 7.66. The van der Waals surface area contributed by atoms with Gasteiger partial charge in [-0.3, -0.25) is 4.79 Å². The Bertz CT molecular complexity index is 505. The highest BCUT2D eigenvalue weighted by Gasteiger charge is 2.14. The lowest BCUT2D eigenvalue weighted by Gasteiger charge is -1.99. The molecule has 0 spiro atoms. The molecule has 0 atom stereocenters. The second kappa shape index (κ2) is 5.00. The predicted molar refractivity (Wildman–Crippen MR) is 68.8 cm³/mol. The highest BCUT2D eigenvalue weighted by molar-refractivity contribution is 7.20. The summed E-state index contributed by atoms with van der Waals surface area (Å²) < 4.78 is 1.01. The fourth-order valence-electron chi connectivity index (χ4n) is 1.41. The van der Waals surface area contributed by atoms with Crippen molar-refractivity contribution in [2.24, 2.45) is 0 Å². The van der Waals surface area contributed by atoms with Crippen LogP contribution >= 0.6 is 34.5 Å². The number of rotatable bonds is 3. The SMILES string of the molecule is O=C(Cc1ccccc1)c1cc(Cl)sc1Cl. The quantitative estimate of drug-likeness (QED) is 0.752. The van der Waals surface area contributed by atoms with Crippen molar-refractivity contribution in [1.82, 2.24) is 0 Å². The maximum absolute atomic E-state index is 11.9. The molecular formula is C12H8Cl2OS. The van der Waals surface area contributed by atoms with Gasteiger partial charge in [-0.2, -0.15) is 0 Å². The molecule has 1 aromatic heterocycles. The summed E-state index contributed by atoms with van der Waals surface area (Å²) in [6.07, 6.45) is 0.355. The predicted octanol–water partition coefficient (Wildman–Crippen LogP) is 4.48. The number of carbonyl (C=O) groups is 1. The fourth-order valence-corrected chi connectivity index (χ4v) is 2.91. The molecule has 0 aliphatic rings. The summed E-state index contributed by atoms with van der Waals surface area (Å²) >= 11 is 12.9. The number of halogens is 2. The first-order valence-electron chi connectivity index (χ1n) is 4.69. The number of hydrogen-bond acceptors (Lipinski definition) is 2. The second-order valence-corrected chi connectivity index (χ2v) is 5.61. The van der Waals surface area contributed by atoms with Crippen LogP contribution in [0.1, 0.15) is 15.9 Å². The Hall–Kier alpha value is -0.830. The Balaban J connectivity index is 2.18. The first-order valence-corrected chi connectivity index (χ1v) is 6.26. The van der Waals surface area contributed by atoms with Gasteiger partial charge in [0.25, 0.3) is 0 Å². The molecule has 0 saturated heterocycles. The Morgan fingerprint density at radius 1 is 1.19 bits per heavy atom. The third-order valence-corrected chi connectivity index (χ3v) is 3.65. The van der Waals surface area contributed by atoms with Crippen molar-refractivity contribution >= 4 is 40.3 Å². The van der Waals surface area contributed by atoms with Crippen LogP contribution in [-0.4, -0.2) is 5.78 Å². The molecular weight excluding hydrogens is 263 g/mol. The van der Waals surface area contributed by atoms with Gasteiger partial charge in [0.2, 0.25) is 0 Å². The lowest BCUT2D eigenvalue weighted by Crippen LogP contribution is -2.02.